The summed E-state index contributed by atoms with van der Waals surface area (Å²) in [5.41, 5.74) is 2.45. The largest absolute Gasteiger partial charge is 0.454 e. The maximum Gasteiger partial charge on any atom is 0.334 e. The Hall–Kier alpha value is -3.21. The van der Waals surface area contributed by atoms with E-state index in [2.05, 4.69) is 6.58 Å². The molecule has 0 radical (unpaired) electrons. The standard InChI is InChI=1S/C21H20O5/c1-14-4-8-17(9-5-14)19(22)13-25-21(24)16(3)12-20(23)26-18-10-6-15(2)7-11-18/h4-11H,3,12-13H2,1-2H3. The first-order valence-corrected chi connectivity index (χ1v) is 8.07. The Bertz CT molecular complexity index is 816. The Morgan fingerprint density at radius 2 is 1.42 bits per heavy atom. The molecule has 0 N–H and O–H groups in total. The van der Waals surface area contributed by atoms with Crippen LogP contribution in [0.3, 0.4) is 0 Å². The molecule has 0 atom stereocenters. The summed E-state index contributed by atoms with van der Waals surface area (Å²) in [6.07, 6.45) is -0.314. The van der Waals surface area contributed by atoms with Gasteiger partial charge >= 0.3 is 11.9 Å². The van der Waals surface area contributed by atoms with Crippen LogP contribution in [0.4, 0.5) is 0 Å². The number of hydrogen-bond donors (Lipinski definition) is 0. The molecule has 0 heterocycles. The van der Waals surface area contributed by atoms with Crippen molar-refractivity contribution in [2.75, 3.05) is 6.61 Å². The summed E-state index contributed by atoms with van der Waals surface area (Å²) in [4.78, 5) is 35.7. The molecule has 0 bridgehead atoms. The lowest BCUT2D eigenvalue weighted by Crippen LogP contribution is -2.18. The summed E-state index contributed by atoms with van der Waals surface area (Å²) in [5, 5.41) is 0. The van der Waals surface area contributed by atoms with Crippen molar-refractivity contribution in [1.29, 1.82) is 0 Å². The number of ether oxygens (including phenoxy) is 2. The van der Waals surface area contributed by atoms with Gasteiger partial charge in [0.1, 0.15) is 5.75 Å². The molecule has 2 rings (SSSR count). The third-order valence-corrected chi connectivity index (χ3v) is 3.61. The molecule has 2 aromatic rings. The van der Waals surface area contributed by atoms with Crippen LogP contribution in [-0.2, 0) is 14.3 Å². The zero-order chi connectivity index (χ0) is 19.1. The van der Waals surface area contributed by atoms with Gasteiger partial charge in [0.2, 0.25) is 0 Å². The minimum absolute atomic E-state index is 0.0705. The Balaban J connectivity index is 1.80. The maximum atomic E-state index is 12.0. The highest BCUT2D eigenvalue weighted by Crippen LogP contribution is 2.13. The molecule has 0 aliphatic heterocycles. The van der Waals surface area contributed by atoms with Gasteiger partial charge in [-0.3, -0.25) is 9.59 Å². The van der Waals surface area contributed by atoms with E-state index in [1.54, 1.807) is 36.4 Å². The molecular formula is C21H20O5. The first-order valence-electron chi connectivity index (χ1n) is 8.07. The van der Waals surface area contributed by atoms with Crippen molar-refractivity contribution in [3.05, 3.63) is 77.4 Å². The van der Waals surface area contributed by atoms with Crippen LogP contribution in [0.15, 0.2) is 60.7 Å². The lowest BCUT2D eigenvalue weighted by Gasteiger charge is -2.08. The molecule has 5 heteroatoms. The molecule has 0 amide bonds. The predicted molar refractivity (Wildman–Crippen MR) is 97.0 cm³/mol. The third-order valence-electron chi connectivity index (χ3n) is 3.61. The van der Waals surface area contributed by atoms with Gasteiger partial charge in [-0.1, -0.05) is 54.1 Å². The number of esters is 2. The zero-order valence-electron chi connectivity index (χ0n) is 14.8. The number of Topliss-reactive ketones (excluding diaryl/α,β-unsaturated/α-hetero) is 1. The van der Waals surface area contributed by atoms with Gasteiger partial charge in [-0.05, 0) is 26.0 Å². The molecule has 26 heavy (non-hydrogen) atoms. The smallest absolute Gasteiger partial charge is 0.334 e. The van der Waals surface area contributed by atoms with E-state index in [1.165, 1.54) is 0 Å². The minimum Gasteiger partial charge on any atom is -0.454 e. The second kappa shape index (κ2) is 8.76. The van der Waals surface area contributed by atoms with Crippen LogP contribution in [0.5, 0.6) is 5.75 Å². The van der Waals surface area contributed by atoms with Crippen molar-refractivity contribution in [3.63, 3.8) is 0 Å². The monoisotopic (exact) mass is 352 g/mol. The quantitative estimate of drug-likeness (QED) is 0.330. The SMILES string of the molecule is C=C(CC(=O)Oc1ccc(C)cc1)C(=O)OCC(=O)c1ccc(C)cc1. The van der Waals surface area contributed by atoms with Crippen LogP contribution in [0.1, 0.15) is 27.9 Å². The Kier molecular flexibility index (Phi) is 6.44. The summed E-state index contributed by atoms with van der Waals surface area (Å²) in [6, 6.07) is 13.9. The highest BCUT2D eigenvalue weighted by atomic mass is 16.5. The van der Waals surface area contributed by atoms with E-state index in [0.29, 0.717) is 11.3 Å². The van der Waals surface area contributed by atoms with Crippen LogP contribution in [0, 0.1) is 13.8 Å². The second-order valence-corrected chi connectivity index (χ2v) is 5.93. The Morgan fingerprint density at radius 3 is 2.00 bits per heavy atom. The van der Waals surface area contributed by atoms with E-state index < -0.39 is 18.5 Å². The molecule has 0 saturated carbocycles. The van der Waals surface area contributed by atoms with Gasteiger partial charge in [-0.2, -0.15) is 0 Å². The van der Waals surface area contributed by atoms with Crippen molar-refractivity contribution in [2.45, 2.75) is 20.3 Å². The van der Waals surface area contributed by atoms with E-state index in [1.807, 2.05) is 26.0 Å². The van der Waals surface area contributed by atoms with E-state index in [4.69, 9.17) is 9.47 Å². The van der Waals surface area contributed by atoms with Crippen LogP contribution >= 0.6 is 0 Å². The summed E-state index contributed by atoms with van der Waals surface area (Å²) >= 11 is 0. The third kappa shape index (κ3) is 5.70. The number of aryl methyl sites for hydroxylation is 2. The van der Waals surface area contributed by atoms with Gasteiger partial charge in [0.05, 0.1) is 6.42 Å². The molecule has 134 valence electrons. The van der Waals surface area contributed by atoms with Gasteiger partial charge in [0, 0.05) is 11.1 Å². The molecule has 0 saturated heterocycles. The molecule has 2 aromatic carbocycles. The minimum atomic E-state index is -0.800. The van der Waals surface area contributed by atoms with Gasteiger partial charge < -0.3 is 9.47 Å². The number of ketones is 1. The van der Waals surface area contributed by atoms with E-state index in [0.717, 1.165) is 11.1 Å². The van der Waals surface area contributed by atoms with Crippen molar-refractivity contribution in [1.82, 2.24) is 0 Å². The van der Waals surface area contributed by atoms with Crippen LogP contribution in [-0.4, -0.2) is 24.3 Å². The average Bonchev–Trinajstić information content (AvgIpc) is 2.61. The van der Waals surface area contributed by atoms with Crippen molar-refractivity contribution < 1.29 is 23.9 Å². The molecule has 0 fully saturated rings. The summed E-state index contributed by atoms with van der Waals surface area (Å²) in [5.74, 6) is -1.36. The molecule has 0 spiro atoms. The Labute approximate surface area is 152 Å². The van der Waals surface area contributed by atoms with Gasteiger partial charge in [-0.25, -0.2) is 4.79 Å². The molecule has 5 nitrogen and oxygen atoms in total. The van der Waals surface area contributed by atoms with Crippen LogP contribution in [0.25, 0.3) is 0 Å². The fraction of sp³-hybridized carbons (Fsp3) is 0.190. The van der Waals surface area contributed by atoms with Crippen molar-refractivity contribution in [2.24, 2.45) is 0 Å². The number of hydrogen-bond acceptors (Lipinski definition) is 5. The molecule has 0 aromatic heterocycles. The summed E-state index contributed by atoms with van der Waals surface area (Å²) in [6.45, 7) is 6.95. The maximum absolute atomic E-state index is 12.0. The fourth-order valence-corrected chi connectivity index (χ4v) is 2.08. The molecule has 0 aliphatic rings. The summed E-state index contributed by atoms with van der Waals surface area (Å²) < 4.78 is 10.0. The number of carbonyl (C=O) groups is 3. The van der Waals surface area contributed by atoms with Crippen LogP contribution < -0.4 is 4.74 Å². The molecule has 0 unspecified atom stereocenters. The van der Waals surface area contributed by atoms with Crippen LogP contribution in [0.2, 0.25) is 0 Å². The average molecular weight is 352 g/mol. The topological polar surface area (TPSA) is 69.7 Å². The molecular weight excluding hydrogens is 332 g/mol. The fourth-order valence-electron chi connectivity index (χ4n) is 2.08. The van der Waals surface area contributed by atoms with Gasteiger partial charge in [0.15, 0.2) is 12.4 Å². The zero-order valence-corrected chi connectivity index (χ0v) is 14.8. The van der Waals surface area contributed by atoms with Crippen molar-refractivity contribution >= 4 is 17.7 Å². The Morgan fingerprint density at radius 1 is 0.885 bits per heavy atom. The summed E-state index contributed by atoms with van der Waals surface area (Å²) in [7, 11) is 0. The molecule has 0 aliphatic carbocycles. The van der Waals surface area contributed by atoms with Gasteiger partial charge in [-0.15, -0.1) is 0 Å². The lowest BCUT2D eigenvalue weighted by atomic mass is 10.1. The van der Waals surface area contributed by atoms with E-state index >= 15 is 0 Å². The normalized spacial score (nSPS) is 10.1. The second-order valence-electron chi connectivity index (χ2n) is 5.93. The lowest BCUT2D eigenvalue weighted by molar-refractivity contribution is -0.141. The number of benzene rings is 2. The number of rotatable bonds is 7. The highest BCUT2D eigenvalue weighted by Gasteiger charge is 2.17. The first kappa shape index (κ1) is 19.1. The van der Waals surface area contributed by atoms with Crippen molar-refractivity contribution in [3.8, 4) is 5.75 Å². The van der Waals surface area contributed by atoms with E-state index in [9.17, 15) is 14.4 Å². The highest BCUT2D eigenvalue weighted by molar-refractivity contribution is 6.00. The number of carbonyl (C=O) groups excluding carboxylic acids is 3. The van der Waals surface area contributed by atoms with Gasteiger partial charge in [0.25, 0.3) is 0 Å². The van der Waals surface area contributed by atoms with E-state index in [-0.39, 0.29) is 17.8 Å². The predicted octanol–water partition coefficient (Wildman–Crippen LogP) is 3.58. The first-order chi connectivity index (χ1) is 12.3.